The van der Waals surface area contributed by atoms with E-state index in [1.54, 1.807) is 0 Å². The van der Waals surface area contributed by atoms with Crippen molar-refractivity contribution in [2.75, 3.05) is 33.7 Å². The van der Waals surface area contributed by atoms with E-state index in [1.807, 2.05) is 14.1 Å². The topological polar surface area (TPSA) is 90.8 Å². The zero-order chi connectivity index (χ0) is 15.6. The van der Waals surface area contributed by atoms with Gasteiger partial charge < -0.3 is 10.0 Å². The largest absolute Gasteiger partial charge is 0.476 e. The minimum absolute atomic E-state index is 0.166. The summed E-state index contributed by atoms with van der Waals surface area (Å²) in [6.07, 6.45) is 1.58. The molecule has 1 aromatic heterocycles. The number of hydrogen-bond acceptors (Lipinski definition) is 6. The van der Waals surface area contributed by atoms with Crippen LogP contribution in [0.4, 0.5) is 0 Å². The molecule has 0 atom stereocenters. The molecule has 2 rings (SSSR count). The third-order valence-corrected chi connectivity index (χ3v) is 6.75. The summed E-state index contributed by atoms with van der Waals surface area (Å²) in [5.74, 6) is -0.829. The number of carboxylic acid groups (broad SMARTS) is 1. The van der Waals surface area contributed by atoms with Crippen LogP contribution >= 0.6 is 11.3 Å². The molecule has 0 aliphatic carbocycles. The van der Waals surface area contributed by atoms with Crippen molar-refractivity contribution in [3.05, 3.63) is 11.2 Å². The Labute approximate surface area is 128 Å². The van der Waals surface area contributed by atoms with Gasteiger partial charge in [-0.05, 0) is 32.9 Å². The third-order valence-electron chi connectivity index (χ3n) is 3.51. The summed E-state index contributed by atoms with van der Waals surface area (Å²) in [5.41, 5.74) is 0.880. The van der Waals surface area contributed by atoms with E-state index in [2.05, 4.69) is 9.88 Å². The van der Waals surface area contributed by atoms with Gasteiger partial charge >= 0.3 is 5.97 Å². The summed E-state index contributed by atoms with van der Waals surface area (Å²) < 4.78 is 26.3. The fourth-order valence-corrected chi connectivity index (χ4v) is 5.27. The Kier molecular flexibility index (Phi) is 4.97. The van der Waals surface area contributed by atoms with E-state index in [0.717, 1.165) is 30.7 Å². The lowest BCUT2D eigenvalue weighted by Gasteiger charge is -2.32. The van der Waals surface area contributed by atoms with Crippen molar-refractivity contribution in [1.29, 1.82) is 0 Å². The van der Waals surface area contributed by atoms with Crippen molar-refractivity contribution >= 4 is 27.3 Å². The molecular formula is C12H19N3O4S2. The lowest BCUT2D eigenvalue weighted by atomic mass is 9.98. The van der Waals surface area contributed by atoms with E-state index >= 15 is 0 Å². The van der Waals surface area contributed by atoms with Crippen molar-refractivity contribution < 1.29 is 18.3 Å². The van der Waals surface area contributed by atoms with Crippen LogP contribution in [0.5, 0.6) is 0 Å². The average Bonchev–Trinajstić information content (AvgIpc) is 2.88. The highest BCUT2D eigenvalue weighted by Gasteiger charge is 2.34. The molecule has 0 spiro atoms. The van der Waals surface area contributed by atoms with Crippen LogP contribution in [0, 0.1) is 5.92 Å². The number of carbonyl (C=O) groups is 1. The molecule has 2 heterocycles. The molecule has 0 unspecified atom stereocenters. The first-order valence-electron chi connectivity index (χ1n) is 6.64. The van der Waals surface area contributed by atoms with Crippen LogP contribution in [-0.2, 0) is 10.0 Å². The van der Waals surface area contributed by atoms with Gasteiger partial charge in [0, 0.05) is 19.6 Å². The van der Waals surface area contributed by atoms with Crippen LogP contribution in [0.25, 0.3) is 0 Å². The van der Waals surface area contributed by atoms with Crippen LogP contribution in [0.1, 0.15) is 23.3 Å². The number of rotatable bonds is 5. The lowest BCUT2D eigenvalue weighted by Crippen LogP contribution is -2.40. The lowest BCUT2D eigenvalue weighted by molar-refractivity contribution is 0.0687. The third kappa shape index (κ3) is 3.60. The van der Waals surface area contributed by atoms with E-state index in [9.17, 15) is 13.2 Å². The van der Waals surface area contributed by atoms with Gasteiger partial charge in [-0.15, -0.1) is 11.3 Å². The van der Waals surface area contributed by atoms with E-state index in [1.165, 1.54) is 9.82 Å². The number of piperidine rings is 1. The molecule has 1 fully saturated rings. The minimum atomic E-state index is -3.75. The van der Waals surface area contributed by atoms with E-state index in [4.69, 9.17) is 5.11 Å². The summed E-state index contributed by atoms with van der Waals surface area (Å²) in [6.45, 7) is 1.80. The molecule has 21 heavy (non-hydrogen) atoms. The molecule has 0 saturated carbocycles. The van der Waals surface area contributed by atoms with Crippen molar-refractivity contribution in [3.8, 4) is 0 Å². The first-order valence-corrected chi connectivity index (χ1v) is 8.96. The predicted molar refractivity (Wildman–Crippen MR) is 79.1 cm³/mol. The number of sulfonamides is 1. The normalized spacial score (nSPS) is 18.2. The Hall–Kier alpha value is -1.03. The standard InChI is InChI=1S/C12H19N3O4S2/c1-14(2)7-9-3-5-15(6-4-9)21(18,19)12-10(11(16)17)13-8-20-12/h8-9H,3-7H2,1-2H3,(H,16,17). The predicted octanol–water partition coefficient (Wildman–Crippen LogP) is 0.804. The number of aromatic carboxylic acids is 1. The SMILES string of the molecule is CN(C)CC1CCN(S(=O)(=O)c2scnc2C(=O)O)CC1. The smallest absolute Gasteiger partial charge is 0.356 e. The Morgan fingerprint density at radius 3 is 2.62 bits per heavy atom. The second-order valence-corrected chi connectivity index (χ2v) is 8.39. The molecule has 0 aromatic carbocycles. The number of hydrogen-bond donors (Lipinski definition) is 1. The first-order chi connectivity index (χ1) is 9.82. The molecule has 0 bridgehead atoms. The summed E-state index contributed by atoms with van der Waals surface area (Å²) in [5, 5.41) is 9.01. The highest BCUT2D eigenvalue weighted by atomic mass is 32.2. The quantitative estimate of drug-likeness (QED) is 0.857. The van der Waals surface area contributed by atoms with Crippen LogP contribution in [0.3, 0.4) is 0 Å². The number of carboxylic acids is 1. The molecule has 0 amide bonds. The van der Waals surface area contributed by atoms with Crippen LogP contribution in [0.15, 0.2) is 9.72 Å². The van der Waals surface area contributed by atoms with Crippen molar-refractivity contribution in [1.82, 2.24) is 14.2 Å². The van der Waals surface area contributed by atoms with Crippen LogP contribution in [0.2, 0.25) is 0 Å². The molecule has 1 saturated heterocycles. The molecular weight excluding hydrogens is 314 g/mol. The van der Waals surface area contributed by atoms with Gasteiger partial charge in [-0.2, -0.15) is 4.31 Å². The van der Waals surface area contributed by atoms with E-state index in [0.29, 0.717) is 19.0 Å². The Morgan fingerprint density at radius 2 is 2.10 bits per heavy atom. The molecule has 0 radical (unpaired) electrons. The van der Waals surface area contributed by atoms with Crippen LogP contribution in [-0.4, -0.2) is 67.4 Å². The fraction of sp³-hybridized carbons (Fsp3) is 0.667. The monoisotopic (exact) mass is 333 g/mol. The Balaban J connectivity index is 2.12. The fourth-order valence-electron chi connectivity index (χ4n) is 2.53. The van der Waals surface area contributed by atoms with Gasteiger partial charge in [-0.3, -0.25) is 0 Å². The summed E-state index contributed by atoms with van der Waals surface area (Å²) >= 11 is 0.860. The maximum absolute atomic E-state index is 12.5. The molecule has 9 heteroatoms. The summed E-state index contributed by atoms with van der Waals surface area (Å²) in [4.78, 5) is 16.8. The first kappa shape index (κ1) is 16.3. The Morgan fingerprint density at radius 1 is 1.48 bits per heavy atom. The van der Waals surface area contributed by atoms with Crippen molar-refractivity contribution in [2.24, 2.45) is 5.92 Å². The molecule has 7 nitrogen and oxygen atoms in total. The number of nitrogens with zero attached hydrogens (tertiary/aromatic N) is 3. The zero-order valence-corrected chi connectivity index (χ0v) is 13.7. The maximum Gasteiger partial charge on any atom is 0.356 e. The van der Waals surface area contributed by atoms with Gasteiger partial charge in [0.2, 0.25) is 0 Å². The van der Waals surface area contributed by atoms with Crippen molar-refractivity contribution in [3.63, 3.8) is 0 Å². The Bertz CT molecular complexity index is 604. The van der Waals surface area contributed by atoms with Crippen molar-refractivity contribution in [2.45, 2.75) is 17.1 Å². The minimum Gasteiger partial charge on any atom is -0.476 e. The highest BCUT2D eigenvalue weighted by Crippen LogP contribution is 2.28. The molecule has 1 aliphatic heterocycles. The second-order valence-electron chi connectivity index (χ2n) is 5.40. The molecule has 1 aromatic rings. The average molecular weight is 333 g/mol. The van der Waals surface area contributed by atoms with Gasteiger partial charge in [0.25, 0.3) is 10.0 Å². The van der Waals surface area contributed by atoms with Gasteiger partial charge in [-0.1, -0.05) is 0 Å². The summed E-state index contributed by atoms with van der Waals surface area (Å²) in [7, 11) is 0.248. The van der Waals surface area contributed by atoms with Gasteiger partial charge in [-0.25, -0.2) is 18.2 Å². The maximum atomic E-state index is 12.5. The van der Waals surface area contributed by atoms with E-state index in [-0.39, 0.29) is 9.90 Å². The number of aromatic nitrogens is 1. The van der Waals surface area contributed by atoms with E-state index < -0.39 is 16.0 Å². The van der Waals surface area contributed by atoms with Gasteiger partial charge in [0.1, 0.15) is 0 Å². The van der Waals surface area contributed by atoms with Gasteiger partial charge in [0.15, 0.2) is 9.90 Å². The second kappa shape index (κ2) is 6.39. The highest BCUT2D eigenvalue weighted by molar-refractivity contribution is 7.91. The molecule has 118 valence electrons. The molecule has 1 aliphatic rings. The van der Waals surface area contributed by atoms with Gasteiger partial charge in [0.05, 0.1) is 5.51 Å². The number of thiazole rings is 1. The zero-order valence-electron chi connectivity index (χ0n) is 12.0. The van der Waals surface area contributed by atoms with Crippen LogP contribution < -0.4 is 0 Å². The summed E-state index contributed by atoms with van der Waals surface area (Å²) in [6, 6.07) is 0. The molecule has 1 N–H and O–H groups in total.